The summed E-state index contributed by atoms with van der Waals surface area (Å²) in [6, 6.07) is 11.7. The summed E-state index contributed by atoms with van der Waals surface area (Å²) in [4.78, 5) is 11.3. The van der Waals surface area contributed by atoms with E-state index in [1.54, 1.807) is 0 Å². The van der Waals surface area contributed by atoms with Crippen molar-refractivity contribution in [2.75, 3.05) is 6.61 Å². The average Bonchev–Trinajstić information content (AvgIpc) is 2.50. The molecule has 4 nitrogen and oxygen atoms in total. The largest absolute Gasteiger partial charge is 0.492 e. The minimum atomic E-state index is -0.786. The molecule has 0 bridgehead atoms. The minimum absolute atomic E-state index is 0.356. The fraction of sp³-hybridized carbons (Fsp3) is 0.316. The molecule has 0 saturated heterocycles. The van der Waals surface area contributed by atoms with Crippen molar-refractivity contribution in [1.82, 2.24) is 0 Å². The van der Waals surface area contributed by atoms with Gasteiger partial charge >= 0.3 is 6.09 Å². The molecule has 0 aliphatic carbocycles. The summed E-state index contributed by atoms with van der Waals surface area (Å²) >= 11 is 6.36. The van der Waals surface area contributed by atoms with Gasteiger partial charge in [-0.15, -0.1) is 0 Å². The quantitative estimate of drug-likeness (QED) is 0.844. The molecule has 1 amide bonds. The first-order valence-electron chi connectivity index (χ1n) is 7.77. The Morgan fingerprint density at radius 2 is 2.04 bits per heavy atom. The van der Waals surface area contributed by atoms with E-state index in [4.69, 9.17) is 26.8 Å². The van der Waals surface area contributed by atoms with Crippen LogP contribution in [0.5, 0.6) is 5.75 Å². The Morgan fingerprint density at radius 1 is 1.29 bits per heavy atom. The molecule has 3 rings (SSSR count). The van der Waals surface area contributed by atoms with Crippen molar-refractivity contribution in [2.24, 2.45) is 11.1 Å². The second-order valence-corrected chi connectivity index (χ2v) is 7.24. The van der Waals surface area contributed by atoms with E-state index in [2.05, 4.69) is 0 Å². The molecule has 1 aliphatic rings. The molecule has 0 spiro atoms. The SMILES string of the molecule is Cc1ccc(-c2ccc3c(c2)OCC(C)(C)C3OC(N)=O)c(Cl)c1. The highest BCUT2D eigenvalue weighted by Crippen LogP contribution is 2.46. The molecule has 24 heavy (non-hydrogen) atoms. The van der Waals surface area contributed by atoms with Crippen molar-refractivity contribution in [2.45, 2.75) is 26.9 Å². The number of carbonyl (C=O) groups is 1. The van der Waals surface area contributed by atoms with E-state index in [1.807, 2.05) is 57.2 Å². The molecule has 1 heterocycles. The number of nitrogens with two attached hydrogens (primary N) is 1. The molecule has 1 atom stereocenters. The highest BCUT2D eigenvalue weighted by atomic mass is 35.5. The number of primary amides is 1. The van der Waals surface area contributed by atoms with Crippen LogP contribution < -0.4 is 10.5 Å². The Labute approximate surface area is 146 Å². The van der Waals surface area contributed by atoms with Gasteiger partial charge in [-0.05, 0) is 30.2 Å². The maximum Gasteiger partial charge on any atom is 0.405 e. The third-order valence-electron chi connectivity index (χ3n) is 4.28. The van der Waals surface area contributed by atoms with E-state index in [0.717, 1.165) is 22.3 Å². The van der Waals surface area contributed by atoms with Gasteiger partial charge in [0.1, 0.15) is 11.9 Å². The summed E-state index contributed by atoms with van der Waals surface area (Å²) in [5, 5.41) is 0.691. The van der Waals surface area contributed by atoms with Crippen molar-refractivity contribution in [3.8, 4) is 16.9 Å². The van der Waals surface area contributed by atoms with Gasteiger partial charge in [0.05, 0.1) is 6.61 Å². The normalized spacial score (nSPS) is 18.4. The molecule has 5 heteroatoms. The van der Waals surface area contributed by atoms with Crippen LogP contribution in [0.1, 0.15) is 31.1 Å². The van der Waals surface area contributed by atoms with Crippen LogP contribution in [0.3, 0.4) is 0 Å². The fourth-order valence-electron chi connectivity index (χ4n) is 3.00. The number of hydrogen-bond donors (Lipinski definition) is 1. The number of halogens is 1. The third kappa shape index (κ3) is 3.06. The summed E-state index contributed by atoms with van der Waals surface area (Å²) in [7, 11) is 0. The van der Waals surface area contributed by atoms with Crippen LogP contribution in [-0.2, 0) is 4.74 Å². The van der Waals surface area contributed by atoms with Crippen molar-refractivity contribution >= 4 is 17.7 Å². The summed E-state index contributed by atoms with van der Waals surface area (Å²) in [5.74, 6) is 0.690. The summed E-state index contributed by atoms with van der Waals surface area (Å²) in [5.41, 5.74) is 8.69. The molecule has 126 valence electrons. The second kappa shape index (κ2) is 6.02. The number of carbonyl (C=O) groups excluding carboxylic acids is 1. The fourth-order valence-corrected chi connectivity index (χ4v) is 3.34. The molecule has 1 unspecified atom stereocenters. The van der Waals surface area contributed by atoms with Crippen LogP contribution in [0.4, 0.5) is 4.79 Å². The Bertz CT molecular complexity index is 801. The Hall–Kier alpha value is -2.20. The lowest BCUT2D eigenvalue weighted by molar-refractivity contribution is -0.0176. The monoisotopic (exact) mass is 345 g/mol. The third-order valence-corrected chi connectivity index (χ3v) is 4.59. The topological polar surface area (TPSA) is 61.6 Å². The number of aryl methyl sites for hydroxylation is 1. The smallest absolute Gasteiger partial charge is 0.405 e. The molecular formula is C19H20ClNO3. The predicted molar refractivity (Wildman–Crippen MR) is 94.3 cm³/mol. The molecule has 0 saturated carbocycles. The molecular weight excluding hydrogens is 326 g/mol. The van der Waals surface area contributed by atoms with Crippen molar-refractivity contribution in [3.63, 3.8) is 0 Å². The lowest BCUT2D eigenvalue weighted by Crippen LogP contribution is -2.37. The molecule has 0 fully saturated rings. The van der Waals surface area contributed by atoms with E-state index in [-0.39, 0.29) is 5.41 Å². The van der Waals surface area contributed by atoms with Gasteiger partial charge in [-0.25, -0.2) is 4.79 Å². The van der Waals surface area contributed by atoms with Crippen LogP contribution in [0.25, 0.3) is 11.1 Å². The Kier molecular flexibility index (Phi) is 4.18. The van der Waals surface area contributed by atoms with Crippen LogP contribution in [0.15, 0.2) is 36.4 Å². The molecule has 2 aromatic carbocycles. The van der Waals surface area contributed by atoms with Crippen LogP contribution in [0, 0.1) is 12.3 Å². The number of benzene rings is 2. The zero-order valence-corrected chi connectivity index (χ0v) is 14.7. The zero-order valence-electron chi connectivity index (χ0n) is 13.9. The van der Waals surface area contributed by atoms with Gasteiger partial charge in [0.25, 0.3) is 0 Å². The van der Waals surface area contributed by atoms with Crippen molar-refractivity contribution in [1.29, 1.82) is 0 Å². The number of fused-ring (bicyclic) bond motifs is 1. The molecule has 0 radical (unpaired) electrons. The zero-order chi connectivity index (χ0) is 17.5. The maximum atomic E-state index is 11.3. The lowest BCUT2D eigenvalue weighted by atomic mass is 9.80. The minimum Gasteiger partial charge on any atom is -0.492 e. The number of amides is 1. The van der Waals surface area contributed by atoms with Gasteiger partial charge in [-0.1, -0.05) is 49.7 Å². The first-order valence-corrected chi connectivity index (χ1v) is 8.15. The van der Waals surface area contributed by atoms with Crippen LogP contribution in [-0.4, -0.2) is 12.7 Å². The van der Waals surface area contributed by atoms with Gasteiger partial charge in [0.2, 0.25) is 0 Å². The van der Waals surface area contributed by atoms with Gasteiger partial charge in [0.15, 0.2) is 0 Å². The van der Waals surface area contributed by atoms with Crippen LogP contribution >= 0.6 is 11.6 Å². The van der Waals surface area contributed by atoms with E-state index < -0.39 is 12.2 Å². The van der Waals surface area contributed by atoms with E-state index in [0.29, 0.717) is 17.4 Å². The summed E-state index contributed by atoms with van der Waals surface area (Å²) in [6.07, 6.45) is -1.23. The highest BCUT2D eigenvalue weighted by molar-refractivity contribution is 6.33. The standard InChI is InChI=1S/C19H20ClNO3/c1-11-4-6-13(15(20)8-11)12-5-7-14-16(9-12)23-10-19(2,3)17(14)24-18(21)22/h4-9,17H,10H2,1-3H3,(H2,21,22). The van der Waals surface area contributed by atoms with Gasteiger partial charge in [-0.2, -0.15) is 0 Å². The predicted octanol–water partition coefficient (Wildman–Crippen LogP) is 4.87. The Balaban J connectivity index is 2.04. The second-order valence-electron chi connectivity index (χ2n) is 6.83. The number of ether oxygens (including phenoxy) is 2. The van der Waals surface area contributed by atoms with E-state index >= 15 is 0 Å². The van der Waals surface area contributed by atoms with Gasteiger partial charge in [-0.3, -0.25) is 0 Å². The molecule has 0 aromatic heterocycles. The lowest BCUT2D eigenvalue weighted by Gasteiger charge is -2.38. The van der Waals surface area contributed by atoms with Crippen molar-refractivity contribution < 1.29 is 14.3 Å². The average molecular weight is 346 g/mol. The molecule has 2 N–H and O–H groups in total. The van der Waals surface area contributed by atoms with Crippen LogP contribution in [0.2, 0.25) is 5.02 Å². The van der Waals surface area contributed by atoms with Gasteiger partial charge in [0, 0.05) is 21.6 Å². The molecule has 2 aromatic rings. The highest BCUT2D eigenvalue weighted by Gasteiger charge is 2.40. The number of rotatable bonds is 2. The van der Waals surface area contributed by atoms with Gasteiger partial charge < -0.3 is 15.2 Å². The Morgan fingerprint density at radius 3 is 2.71 bits per heavy atom. The first-order chi connectivity index (χ1) is 11.3. The maximum absolute atomic E-state index is 11.3. The van der Waals surface area contributed by atoms with Crippen molar-refractivity contribution in [3.05, 3.63) is 52.5 Å². The summed E-state index contributed by atoms with van der Waals surface area (Å²) in [6.45, 7) is 6.39. The van der Waals surface area contributed by atoms with E-state index in [9.17, 15) is 4.79 Å². The van der Waals surface area contributed by atoms with E-state index in [1.165, 1.54) is 0 Å². The molecule has 1 aliphatic heterocycles. The first kappa shape index (κ1) is 16.7. The summed E-state index contributed by atoms with van der Waals surface area (Å²) < 4.78 is 11.3. The number of hydrogen-bond acceptors (Lipinski definition) is 3.